The molecule has 3 aliphatic carbocycles. The third-order valence-corrected chi connectivity index (χ3v) is 7.53. The maximum absolute atomic E-state index is 15.6. The fraction of sp³-hybridized carbons (Fsp3) is 0.520. The second-order valence-corrected chi connectivity index (χ2v) is 8.75. The van der Waals surface area contributed by atoms with Crippen LogP contribution in [0.1, 0.15) is 76.3 Å². The highest BCUT2D eigenvalue weighted by Gasteiger charge is 2.49. The lowest BCUT2D eigenvalue weighted by Gasteiger charge is -2.54. The lowest BCUT2D eigenvalue weighted by atomic mass is 9.51. The molecule has 0 aliphatic heterocycles. The zero-order valence-electron chi connectivity index (χ0n) is 16.3. The molecule has 0 atom stereocenters. The largest absolute Gasteiger partial charge is 0.206 e. The predicted molar refractivity (Wildman–Crippen MR) is 108 cm³/mol. The van der Waals surface area contributed by atoms with Crippen LogP contribution in [0.2, 0.25) is 0 Å². The highest BCUT2D eigenvalue weighted by atomic mass is 19.1. The molecule has 2 aromatic rings. The molecule has 1 heteroatoms. The van der Waals surface area contributed by atoms with Gasteiger partial charge in [0.05, 0.1) is 0 Å². The van der Waals surface area contributed by atoms with Crippen molar-refractivity contribution < 1.29 is 4.39 Å². The first-order valence-electron chi connectivity index (χ1n) is 10.5. The van der Waals surface area contributed by atoms with Crippen molar-refractivity contribution in [2.45, 2.75) is 77.0 Å². The van der Waals surface area contributed by atoms with Gasteiger partial charge in [0.25, 0.3) is 0 Å². The Morgan fingerprint density at radius 2 is 1.50 bits per heavy atom. The molecule has 138 valence electrons. The minimum Gasteiger partial charge on any atom is -0.206 e. The third kappa shape index (κ3) is 2.90. The Morgan fingerprint density at radius 3 is 2.08 bits per heavy atom. The molecule has 0 radical (unpaired) electrons. The summed E-state index contributed by atoms with van der Waals surface area (Å²) >= 11 is 0. The molecule has 0 nitrogen and oxygen atoms in total. The van der Waals surface area contributed by atoms with Crippen LogP contribution in [0.15, 0.2) is 42.5 Å². The number of halogens is 1. The van der Waals surface area contributed by atoms with Crippen molar-refractivity contribution in [3.63, 3.8) is 0 Å². The van der Waals surface area contributed by atoms with Crippen LogP contribution in [0.25, 0.3) is 11.1 Å². The minimum absolute atomic E-state index is 0.0293. The lowest BCUT2D eigenvalue weighted by Crippen LogP contribution is -2.44. The van der Waals surface area contributed by atoms with Gasteiger partial charge in [0, 0.05) is 5.56 Å². The van der Waals surface area contributed by atoms with Gasteiger partial charge in [0.15, 0.2) is 0 Å². The van der Waals surface area contributed by atoms with E-state index in [1.807, 2.05) is 6.07 Å². The maximum atomic E-state index is 15.6. The minimum atomic E-state index is 0.0293. The molecule has 0 spiro atoms. The van der Waals surface area contributed by atoms with E-state index >= 15 is 4.39 Å². The van der Waals surface area contributed by atoms with Crippen LogP contribution in [0.5, 0.6) is 0 Å². The molecular weight excluding hydrogens is 319 g/mol. The van der Waals surface area contributed by atoms with E-state index in [9.17, 15) is 0 Å². The average Bonchev–Trinajstić information content (AvgIpc) is 2.70. The van der Waals surface area contributed by atoms with E-state index in [1.165, 1.54) is 31.2 Å². The van der Waals surface area contributed by atoms with Gasteiger partial charge < -0.3 is 0 Å². The summed E-state index contributed by atoms with van der Waals surface area (Å²) in [6, 6.07) is 14.6. The number of aryl methyl sites for hydroxylation is 1. The molecule has 5 rings (SSSR count). The lowest BCUT2D eigenvalue weighted by molar-refractivity contribution is 0.0350. The second kappa shape index (κ2) is 6.83. The van der Waals surface area contributed by atoms with Gasteiger partial charge in [-0.2, -0.15) is 0 Å². The normalized spacial score (nSPS) is 27.7. The van der Waals surface area contributed by atoms with Crippen molar-refractivity contribution in [3.05, 3.63) is 59.4 Å². The number of hydrogen-bond acceptors (Lipinski definition) is 0. The van der Waals surface area contributed by atoms with Gasteiger partial charge in [-0.1, -0.05) is 69.2 Å². The van der Waals surface area contributed by atoms with Crippen LogP contribution < -0.4 is 0 Å². The van der Waals surface area contributed by atoms with Gasteiger partial charge in [0.2, 0.25) is 0 Å². The van der Waals surface area contributed by atoms with E-state index in [0.717, 1.165) is 48.8 Å². The van der Waals surface area contributed by atoms with Crippen LogP contribution in [0.3, 0.4) is 0 Å². The Morgan fingerprint density at radius 1 is 0.846 bits per heavy atom. The van der Waals surface area contributed by atoms with Crippen molar-refractivity contribution in [1.82, 2.24) is 0 Å². The summed E-state index contributed by atoms with van der Waals surface area (Å²) in [7, 11) is 0. The smallest absolute Gasteiger partial charge is 0.134 e. The maximum Gasteiger partial charge on any atom is 0.134 e. The Balaban J connectivity index is 1.67. The van der Waals surface area contributed by atoms with E-state index in [4.69, 9.17) is 0 Å². The summed E-state index contributed by atoms with van der Waals surface area (Å²) < 4.78 is 15.6. The quantitative estimate of drug-likeness (QED) is 0.525. The van der Waals surface area contributed by atoms with Crippen molar-refractivity contribution in [2.24, 2.45) is 5.41 Å². The second-order valence-electron chi connectivity index (χ2n) is 8.75. The predicted octanol–water partition coefficient (Wildman–Crippen LogP) is 7.45. The van der Waals surface area contributed by atoms with Crippen molar-refractivity contribution in [2.75, 3.05) is 0 Å². The molecule has 0 N–H and O–H groups in total. The summed E-state index contributed by atoms with van der Waals surface area (Å²) in [5.41, 5.74) is 4.75. The molecule has 3 fully saturated rings. The fourth-order valence-corrected chi connectivity index (χ4v) is 5.50. The summed E-state index contributed by atoms with van der Waals surface area (Å²) in [6.45, 7) is 4.53. The average molecular weight is 351 g/mol. The molecule has 3 aliphatic rings. The SMILES string of the molecule is CCCc1ccc(-c2cccc(C34CCC(CC)(CC3)CC4)c2F)cc1. The van der Waals surface area contributed by atoms with Gasteiger partial charge in [-0.15, -0.1) is 0 Å². The molecule has 3 saturated carbocycles. The van der Waals surface area contributed by atoms with Crippen molar-refractivity contribution in [3.8, 4) is 11.1 Å². The number of rotatable bonds is 5. The van der Waals surface area contributed by atoms with Crippen molar-refractivity contribution in [1.29, 1.82) is 0 Å². The Bertz CT molecular complexity index is 747. The highest BCUT2D eigenvalue weighted by molar-refractivity contribution is 5.66. The van der Waals surface area contributed by atoms with Crippen LogP contribution in [-0.2, 0) is 11.8 Å². The first-order chi connectivity index (χ1) is 12.6. The van der Waals surface area contributed by atoms with Gasteiger partial charge in [0.1, 0.15) is 5.82 Å². The van der Waals surface area contributed by atoms with Gasteiger partial charge in [-0.25, -0.2) is 4.39 Å². The van der Waals surface area contributed by atoms with Gasteiger partial charge >= 0.3 is 0 Å². The first-order valence-corrected chi connectivity index (χ1v) is 10.5. The monoisotopic (exact) mass is 350 g/mol. The molecule has 0 amide bonds. The van der Waals surface area contributed by atoms with E-state index < -0.39 is 0 Å². The number of hydrogen-bond donors (Lipinski definition) is 0. The molecule has 0 heterocycles. The zero-order chi connectivity index (χ0) is 18.2. The molecule has 0 aromatic heterocycles. The fourth-order valence-electron chi connectivity index (χ4n) is 5.50. The number of benzene rings is 2. The van der Waals surface area contributed by atoms with E-state index in [-0.39, 0.29) is 11.2 Å². The zero-order valence-corrected chi connectivity index (χ0v) is 16.3. The van der Waals surface area contributed by atoms with Gasteiger partial charge in [-0.3, -0.25) is 0 Å². The van der Waals surface area contributed by atoms with Crippen LogP contribution in [0, 0.1) is 11.2 Å². The Labute approximate surface area is 157 Å². The molecule has 2 aromatic carbocycles. The summed E-state index contributed by atoms with van der Waals surface area (Å²) in [5.74, 6) is 0.0293. The molecular formula is C25H31F. The van der Waals surface area contributed by atoms with Crippen LogP contribution >= 0.6 is 0 Å². The Kier molecular flexibility index (Phi) is 4.67. The van der Waals surface area contributed by atoms with Crippen LogP contribution in [0.4, 0.5) is 4.39 Å². The number of fused-ring (bicyclic) bond motifs is 3. The molecule has 26 heavy (non-hydrogen) atoms. The van der Waals surface area contributed by atoms with E-state index in [1.54, 1.807) is 0 Å². The van der Waals surface area contributed by atoms with E-state index in [0.29, 0.717) is 5.41 Å². The molecule has 0 unspecified atom stereocenters. The topological polar surface area (TPSA) is 0 Å². The molecule has 0 saturated heterocycles. The van der Waals surface area contributed by atoms with Gasteiger partial charge in [-0.05, 0) is 72.5 Å². The highest BCUT2D eigenvalue weighted by Crippen LogP contribution is 2.59. The summed E-state index contributed by atoms with van der Waals surface area (Å²) in [5, 5.41) is 0. The van der Waals surface area contributed by atoms with Crippen LogP contribution in [-0.4, -0.2) is 0 Å². The summed E-state index contributed by atoms with van der Waals surface area (Å²) in [6.07, 6.45) is 10.8. The van der Waals surface area contributed by atoms with E-state index in [2.05, 4.69) is 50.2 Å². The summed E-state index contributed by atoms with van der Waals surface area (Å²) in [4.78, 5) is 0. The first kappa shape index (κ1) is 17.8. The standard InChI is InChI=1S/C25H31F/c1-3-6-19-9-11-20(12-10-19)21-7-5-8-22(23(21)26)25-16-13-24(4-2,14-17-25)15-18-25/h5,7-12H,3-4,6,13-18H2,1-2H3. The molecule has 2 bridgehead atoms. The third-order valence-electron chi connectivity index (χ3n) is 7.53. The van der Waals surface area contributed by atoms with Crippen molar-refractivity contribution >= 4 is 0 Å². The Hall–Kier alpha value is -1.63.